The number of thiol groups is 1. The van der Waals surface area contributed by atoms with E-state index in [4.69, 9.17) is 4.74 Å². The second-order valence-corrected chi connectivity index (χ2v) is 4.04. The standard InChI is InChI=1S/C13H12N2O2S/c1-17-12-7-6-9(8-14-12)15-13(16)10-4-2-3-5-11(10)18/h2-8,18H,1H3,(H,15,16). The first kappa shape index (κ1) is 12.4. The number of nitrogens with zero attached hydrogens (tertiary/aromatic N) is 1. The van der Waals surface area contributed by atoms with Crippen molar-refractivity contribution in [2.24, 2.45) is 0 Å². The van der Waals surface area contributed by atoms with E-state index in [2.05, 4.69) is 22.9 Å². The molecule has 1 aromatic carbocycles. The van der Waals surface area contributed by atoms with Gasteiger partial charge in [-0.15, -0.1) is 12.6 Å². The Bertz CT molecular complexity index is 555. The first-order valence-electron chi connectivity index (χ1n) is 5.30. The Hall–Kier alpha value is -2.01. The van der Waals surface area contributed by atoms with Crippen LogP contribution < -0.4 is 10.1 Å². The molecule has 1 N–H and O–H groups in total. The molecule has 0 fully saturated rings. The molecule has 0 saturated carbocycles. The van der Waals surface area contributed by atoms with Crippen LogP contribution >= 0.6 is 12.6 Å². The van der Waals surface area contributed by atoms with Crippen LogP contribution in [0, 0.1) is 0 Å². The molecule has 0 spiro atoms. The van der Waals surface area contributed by atoms with E-state index in [0.717, 1.165) is 0 Å². The van der Waals surface area contributed by atoms with Crippen LogP contribution in [-0.4, -0.2) is 18.0 Å². The van der Waals surface area contributed by atoms with Gasteiger partial charge in [0.05, 0.1) is 24.6 Å². The zero-order valence-electron chi connectivity index (χ0n) is 9.75. The Morgan fingerprint density at radius 2 is 2.06 bits per heavy atom. The Balaban J connectivity index is 2.14. The number of hydrogen-bond acceptors (Lipinski definition) is 4. The molecule has 0 atom stereocenters. The van der Waals surface area contributed by atoms with Crippen molar-refractivity contribution in [3.8, 4) is 5.88 Å². The van der Waals surface area contributed by atoms with Crippen molar-refractivity contribution < 1.29 is 9.53 Å². The zero-order valence-corrected chi connectivity index (χ0v) is 10.6. The van der Waals surface area contributed by atoms with Gasteiger partial charge in [0.2, 0.25) is 5.88 Å². The van der Waals surface area contributed by atoms with Crippen molar-refractivity contribution in [1.29, 1.82) is 0 Å². The maximum atomic E-state index is 12.0. The molecule has 1 heterocycles. The van der Waals surface area contributed by atoms with Crippen LogP contribution in [0.3, 0.4) is 0 Å². The molecule has 0 unspecified atom stereocenters. The fraction of sp³-hybridized carbons (Fsp3) is 0.0769. The van der Waals surface area contributed by atoms with E-state index in [-0.39, 0.29) is 5.91 Å². The number of nitrogens with one attached hydrogen (secondary N) is 1. The van der Waals surface area contributed by atoms with E-state index >= 15 is 0 Å². The minimum Gasteiger partial charge on any atom is -0.481 e. The Morgan fingerprint density at radius 1 is 1.28 bits per heavy atom. The van der Waals surface area contributed by atoms with E-state index in [1.54, 1.807) is 30.3 Å². The number of rotatable bonds is 3. The molecule has 0 radical (unpaired) electrons. The van der Waals surface area contributed by atoms with Crippen molar-refractivity contribution >= 4 is 24.2 Å². The van der Waals surface area contributed by atoms with Gasteiger partial charge in [-0.2, -0.15) is 0 Å². The largest absolute Gasteiger partial charge is 0.481 e. The highest BCUT2D eigenvalue weighted by atomic mass is 32.1. The van der Waals surface area contributed by atoms with E-state index in [9.17, 15) is 4.79 Å². The Kier molecular flexibility index (Phi) is 3.84. The van der Waals surface area contributed by atoms with E-state index < -0.39 is 0 Å². The number of methoxy groups -OCH3 is 1. The van der Waals surface area contributed by atoms with Gasteiger partial charge in [-0.1, -0.05) is 12.1 Å². The maximum Gasteiger partial charge on any atom is 0.256 e. The van der Waals surface area contributed by atoms with Crippen molar-refractivity contribution in [2.45, 2.75) is 4.90 Å². The van der Waals surface area contributed by atoms with Gasteiger partial charge in [0.1, 0.15) is 0 Å². The topological polar surface area (TPSA) is 51.2 Å². The van der Waals surface area contributed by atoms with Crippen LogP contribution in [0.15, 0.2) is 47.5 Å². The summed E-state index contributed by atoms with van der Waals surface area (Å²) in [5.74, 6) is 0.287. The molecule has 0 aliphatic carbocycles. The highest BCUT2D eigenvalue weighted by Gasteiger charge is 2.09. The molecule has 2 rings (SSSR count). The van der Waals surface area contributed by atoms with Crippen LogP contribution in [0.25, 0.3) is 0 Å². The molecule has 4 nitrogen and oxygen atoms in total. The Labute approximate surface area is 110 Å². The van der Waals surface area contributed by atoms with Gasteiger partial charge in [-0.05, 0) is 18.2 Å². The van der Waals surface area contributed by atoms with Gasteiger partial charge in [-0.3, -0.25) is 4.79 Å². The quantitative estimate of drug-likeness (QED) is 0.834. The lowest BCUT2D eigenvalue weighted by molar-refractivity contribution is 0.102. The highest BCUT2D eigenvalue weighted by Crippen LogP contribution is 2.16. The number of hydrogen-bond donors (Lipinski definition) is 2. The van der Waals surface area contributed by atoms with Crippen molar-refractivity contribution in [2.75, 3.05) is 12.4 Å². The average molecular weight is 260 g/mol. The van der Waals surface area contributed by atoms with Gasteiger partial charge in [-0.25, -0.2) is 4.98 Å². The molecule has 0 saturated heterocycles. The number of ether oxygens (including phenoxy) is 1. The number of anilines is 1. The third kappa shape index (κ3) is 2.81. The van der Waals surface area contributed by atoms with Crippen LogP contribution in [0.5, 0.6) is 5.88 Å². The molecule has 18 heavy (non-hydrogen) atoms. The van der Waals surface area contributed by atoms with Crippen LogP contribution in [0.1, 0.15) is 10.4 Å². The van der Waals surface area contributed by atoms with Gasteiger partial charge in [0.25, 0.3) is 5.91 Å². The number of benzene rings is 1. The molecular formula is C13H12N2O2S. The summed E-state index contributed by atoms with van der Waals surface area (Å²) in [7, 11) is 1.54. The summed E-state index contributed by atoms with van der Waals surface area (Å²) < 4.78 is 4.94. The fourth-order valence-corrected chi connectivity index (χ4v) is 1.70. The van der Waals surface area contributed by atoms with Crippen molar-refractivity contribution in [1.82, 2.24) is 4.98 Å². The second-order valence-electron chi connectivity index (χ2n) is 3.56. The first-order valence-corrected chi connectivity index (χ1v) is 5.75. The summed E-state index contributed by atoms with van der Waals surface area (Å²) in [5, 5.41) is 2.74. The molecule has 1 amide bonds. The number of carbonyl (C=O) groups is 1. The molecular weight excluding hydrogens is 248 g/mol. The number of aromatic nitrogens is 1. The van der Waals surface area contributed by atoms with Gasteiger partial charge in [0, 0.05) is 11.0 Å². The smallest absolute Gasteiger partial charge is 0.256 e. The normalized spacial score (nSPS) is 9.89. The monoisotopic (exact) mass is 260 g/mol. The van der Waals surface area contributed by atoms with Crippen molar-refractivity contribution in [3.05, 3.63) is 48.2 Å². The highest BCUT2D eigenvalue weighted by molar-refractivity contribution is 7.80. The second kappa shape index (κ2) is 5.55. The summed E-state index contributed by atoms with van der Waals surface area (Å²) in [4.78, 5) is 16.6. The first-order chi connectivity index (χ1) is 8.70. The lowest BCUT2D eigenvalue weighted by atomic mass is 10.2. The predicted molar refractivity (Wildman–Crippen MR) is 72.4 cm³/mol. The summed E-state index contributed by atoms with van der Waals surface area (Å²) >= 11 is 4.24. The summed E-state index contributed by atoms with van der Waals surface area (Å²) in [5.41, 5.74) is 1.13. The molecule has 0 bridgehead atoms. The molecule has 0 aliphatic heterocycles. The molecule has 1 aromatic heterocycles. The average Bonchev–Trinajstić information content (AvgIpc) is 2.40. The molecule has 5 heteroatoms. The lowest BCUT2D eigenvalue weighted by Gasteiger charge is -2.07. The molecule has 2 aromatic rings. The maximum absolute atomic E-state index is 12.0. The zero-order chi connectivity index (χ0) is 13.0. The number of carbonyl (C=O) groups excluding carboxylic acids is 1. The van der Waals surface area contributed by atoms with Crippen LogP contribution in [0.4, 0.5) is 5.69 Å². The number of pyridine rings is 1. The van der Waals surface area contributed by atoms with E-state index in [1.165, 1.54) is 13.3 Å². The third-order valence-electron chi connectivity index (χ3n) is 2.35. The van der Waals surface area contributed by atoms with E-state index in [0.29, 0.717) is 22.0 Å². The van der Waals surface area contributed by atoms with Gasteiger partial charge in [0.15, 0.2) is 0 Å². The summed E-state index contributed by atoms with van der Waals surface area (Å²) in [6.45, 7) is 0. The Morgan fingerprint density at radius 3 is 2.67 bits per heavy atom. The van der Waals surface area contributed by atoms with Crippen LogP contribution in [-0.2, 0) is 0 Å². The number of amides is 1. The predicted octanol–water partition coefficient (Wildman–Crippen LogP) is 2.63. The third-order valence-corrected chi connectivity index (χ3v) is 2.74. The molecule has 0 aliphatic rings. The summed E-state index contributed by atoms with van der Waals surface area (Å²) in [6.07, 6.45) is 1.54. The minimum absolute atomic E-state index is 0.215. The SMILES string of the molecule is COc1ccc(NC(=O)c2ccccc2S)cn1. The van der Waals surface area contributed by atoms with Gasteiger partial charge < -0.3 is 10.1 Å². The molecule has 92 valence electrons. The van der Waals surface area contributed by atoms with E-state index in [1.807, 2.05) is 6.07 Å². The minimum atomic E-state index is -0.215. The van der Waals surface area contributed by atoms with Gasteiger partial charge >= 0.3 is 0 Å². The lowest BCUT2D eigenvalue weighted by Crippen LogP contribution is -2.12. The fourth-order valence-electron chi connectivity index (χ4n) is 1.44. The summed E-state index contributed by atoms with van der Waals surface area (Å²) in [6, 6.07) is 10.5. The van der Waals surface area contributed by atoms with Crippen molar-refractivity contribution in [3.63, 3.8) is 0 Å². The van der Waals surface area contributed by atoms with Crippen LogP contribution in [0.2, 0.25) is 0 Å².